The Balaban J connectivity index is 4.17. The lowest BCUT2D eigenvalue weighted by Gasteiger charge is -2.19. The SMILES string of the molecule is CCCCC/C=C/C/C=C/C/C=C/CCCCCCC(=O)OC[C@H](COP(=O)(O)OCCN)OC(=O)CCCCCCCCCCCCCCCCCC. The Morgan fingerprint density at radius 2 is 0.963 bits per heavy atom. The molecule has 0 aliphatic rings. The normalized spacial score (nSPS) is 13.6. The van der Waals surface area contributed by atoms with Gasteiger partial charge in [0.25, 0.3) is 0 Å². The smallest absolute Gasteiger partial charge is 0.462 e. The van der Waals surface area contributed by atoms with E-state index in [1.54, 1.807) is 0 Å². The van der Waals surface area contributed by atoms with Crippen LogP contribution in [0, 0.1) is 0 Å². The molecule has 0 saturated carbocycles. The number of phosphoric acid groups is 1. The quantitative estimate of drug-likeness (QED) is 0.0269. The second-order valence-electron chi connectivity index (χ2n) is 14.6. The molecule has 0 aliphatic heterocycles. The van der Waals surface area contributed by atoms with E-state index in [4.69, 9.17) is 24.3 Å². The summed E-state index contributed by atoms with van der Waals surface area (Å²) in [5.74, 6) is -0.848. The highest BCUT2D eigenvalue weighted by Crippen LogP contribution is 2.43. The van der Waals surface area contributed by atoms with Gasteiger partial charge in [-0.1, -0.05) is 172 Å². The van der Waals surface area contributed by atoms with Gasteiger partial charge in [0.05, 0.1) is 13.2 Å². The number of hydrogen-bond donors (Lipinski definition) is 2. The number of nitrogens with two attached hydrogens (primary N) is 1. The molecule has 0 saturated heterocycles. The lowest BCUT2D eigenvalue weighted by atomic mass is 10.0. The predicted octanol–water partition coefficient (Wildman–Crippen LogP) is 12.6. The number of carbonyl (C=O) groups excluding carboxylic acids is 2. The zero-order chi connectivity index (χ0) is 39.6. The summed E-state index contributed by atoms with van der Waals surface area (Å²) in [6, 6.07) is 0. The van der Waals surface area contributed by atoms with E-state index in [0.717, 1.165) is 51.4 Å². The highest BCUT2D eigenvalue weighted by molar-refractivity contribution is 7.47. The number of unbranched alkanes of at least 4 members (excludes halogenated alkanes) is 22. The van der Waals surface area contributed by atoms with Crippen LogP contribution in [0.3, 0.4) is 0 Å². The molecular formula is C44H82NO8P. The molecule has 0 rings (SSSR count). The zero-order valence-corrected chi connectivity index (χ0v) is 35.6. The number of rotatable bonds is 41. The topological polar surface area (TPSA) is 134 Å². The van der Waals surface area contributed by atoms with Crippen LogP contribution in [-0.2, 0) is 32.7 Å². The molecule has 1 unspecified atom stereocenters. The van der Waals surface area contributed by atoms with E-state index >= 15 is 0 Å². The van der Waals surface area contributed by atoms with Crippen molar-refractivity contribution < 1.29 is 37.6 Å². The highest BCUT2D eigenvalue weighted by atomic mass is 31.2. The van der Waals surface area contributed by atoms with E-state index in [1.807, 2.05) is 0 Å². The summed E-state index contributed by atoms with van der Waals surface area (Å²) in [6.45, 7) is 3.69. The predicted molar refractivity (Wildman–Crippen MR) is 224 cm³/mol. The fourth-order valence-corrected chi connectivity index (χ4v) is 6.76. The number of esters is 2. The summed E-state index contributed by atoms with van der Waals surface area (Å²) >= 11 is 0. The molecule has 0 aliphatic carbocycles. The van der Waals surface area contributed by atoms with Crippen LogP contribution in [-0.4, -0.2) is 49.3 Å². The first-order valence-corrected chi connectivity index (χ1v) is 23.5. The Bertz CT molecular complexity index is 986. The summed E-state index contributed by atoms with van der Waals surface area (Å²) < 4.78 is 32.8. The number of carbonyl (C=O) groups is 2. The summed E-state index contributed by atoms with van der Waals surface area (Å²) in [5, 5.41) is 0. The van der Waals surface area contributed by atoms with Gasteiger partial charge in [-0.05, 0) is 51.4 Å². The third-order valence-corrected chi connectivity index (χ3v) is 10.3. The van der Waals surface area contributed by atoms with Gasteiger partial charge in [-0.15, -0.1) is 0 Å². The molecule has 0 heterocycles. The van der Waals surface area contributed by atoms with E-state index in [-0.39, 0.29) is 32.6 Å². The van der Waals surface area contributed by atoms with Gasteiger partial charge in [-0.2, -0.15) is 0 Å². The monoisotopic (exact) mass is 784 g/mol. The molecule has 316 valence electrons. The first kappa shape index (κ1) is 52.2. The van der Waals surface area contributed by atoms with E-state index in [2.05, 4.69) is 50.3 Å². The fraction of sp³-hybridized carbons (Fsp3) is 0.818. The summed E-state index contributed by atoms with van der Waals surface area (Å²) in [6.07, 6.45) is 44.5. The van der Waals surface area contributed by atoms with Crippen LogP contribution in [0.25, 0.3) is 0 Å². The highest BCUT2D eigenvalue weighted by Gasteiger charge is 2.26. The van der Waals surface area contributed by atoms with Gasteiger partial charge >= 0.3 is 19.8 Å². The molecule has 9 nitrogen and oxygen atoms in total. The minimum Gasteiger partial charge on any atom is -0.462 e. The van der Waals surface area contributed by atoms with Crippen molar-refractivity contribution in [1.82, 2.24) is 0 Å². The minimum atomic E-state index is -4.38. The molecule has 0 fully saturated rings. The van der Waals surface area contributed by atoms with Crippen molar-refractivity contribution in [2.45, 2.75) is 206 Å². The van der Waals surface area contributed by atoms with Crippen LogP contribution in [0.15, 0.2) is 36.5 Å². The van der Waals surface area contributed by atoms with Crippen LogP contribution in [0.1, 0.15) is 200 Å². The Morgan fingerprint density at radius 1 is 0.556 bits per heavy atom. The Kier molecular flexibility index (Phi) is 39.5. The lowest BCUT2D eigenvalue weighted by Crippen LogP contribution is -2.29. The average Bonchev–Trinajstić information content (AvgIpc) is 3.16. The van der Waals surface area contributed by atoms with E-state index in [1.165, 1.54) is 109 Å². The van der Waals surface area contributed by atoms with Crippen molar-refractivity contribution >= 4 is 19.8 Å². The molecule has 0 radical (unpaired) electrons. The van der Waals surface area contributed by atoms with Crippen LogP contribution >= 0.6 is 7.82 Å². The number of phosphoric ester groups is 1. The molecule has 0 aromatic rings. The second kappa shape index (κ2) is 40.9. The Morgan fingerprint density at radius 3 is 1.46 bits per heavy atom. The molecule has 3 N–H and O–H groups in total. The number of ether oxygens (including phenoxy) is 2. The third kappa shape index (κ3) is 39.9. The molecule has 0 bridgehead atoms. The zero-order valence-electron chi connectivity index (χ0n) is 34.7. The van der Waals surface area contributed by atoms with E-state index < -0.39 is 32.5 Å². The van der Waals surface area contributed by atoms with Gasteiger partial charge in [0, 0.05) is 19.4 Å². The maximum atomic E-state index is 12.6. The molecule has 10 heteroatoms. The maximum absolute atomic E-state index is 12.6. The summed E-state index contributed by atoms with van der Waals surface area (Å²) in [4.78, 5) is 34.9. The van der Waals surface area contributed by atoms with E-state index in [9.17, 15) is 19.0 Å². The Labute approximate surface area is 331 Å². The first-order valence-electron chi connectivity index (χ1n) is 22.0. The van der Waals surface area contributed by atoms with Crippen LogP contribution in [0.2, 0.25) is 0 Å². The Hall–Kier alpha value is -1.77. The molecule has 0 spiro atoms. The van der Waals surface area contributed by atoms with Crippen LogP contribution in [0.5, 0.6) is 0 Å². The van der Waals surface area contributed by atoms with Crippen LogP contribution < -0.4 is 5.73 Å². The average molecular weight is 784 g/mol. The third-order valence-electron chi connectivity index (χ3n) is 9.28. The van der Waals surface area contributed by atoms with Gasteiger partial charge in [0.2, 0.25) is 0 Å². The molecule has 0 amide bonds. The van der Waals surface area contributed by atoms with Crippen molar-refractivity contribution in [3.63, 3.8) is 0 Å². The molecule has 0 aromatic carbocycles. The largest absolute Gasteiger partial charge is 0.472 e. The van der Waals surface area contributed by atoms with Gasteiger partial charge in [-0.25, -0.2) is 4.57 Å². The molecular weight excluding hydrogens is 701 g/mol. The standard InChI is InChI=1S/C44H82NO8P/c1-3-5-7-9-11-13-15-17-19-21-23-24-26-28-30-32-34-36-43(46)50-40-42(41-52-54(48,49)51-39-38-45)53-44(47)37-35-33-31-29-27-25-22-20-18-16-14-12-10-8-6-4-2/h11,13,17,19,23-24,42H,3-10,12,14-16,18,20-22,25-41,45H2,1-2H3,(H,48,49)/b13-11+,19-17+,24-23+/t42-/m1/s1. The first-order chi connectivity index (χ1) is 26.3. The maximum Gasteiger partial charge on any atom is 0.472 e. The summed E-state index contributed by atoms with van der Waals surface area (Å²) in [5.41, 5.74) is 5.35. The molecule has 54 heavy (non-hydrogen) atoms. The van der Waals surface area contributed by atoms with Crippen molar-refractivity contribution in [3.8, 4) is 0 Å². The van der Waals surface area contributed by atoms with Crippen LogP contribution in [0.4, 0.5) is 0 Å². The van der Waals surface area contributed by atoms with Crippen molar-refractivity contribution in [1.29, 1.82) is 0 Å². The van der Waals surface area contributed by atoms with Gasteiger partial charge in [-0.3, -0.25) is 18.6 Å². The summed E-state index contributed by atoms with van der Waals surface area (Å²) in [7, 11) is -4.38. The van der Waals surface area contributed by atoms with Crippen molar-refractivity contribution in [2.24, 2.45) is 5.73 Å². The van der Waals surface area contributed by atoms with Crippen molar-refractivity contribution in [3.05, 3.63) is 36.5 Å². The van der Waals surface area contributed by atoms with Gasteiger partial charge < -0.3 is 20.1 Å². The van der Waals surface area contributed by atoms with E-state index in [0.29, 0.717) is 12.8 Å². The van der Waals surface area contributed by atoms with Gasteiger partial charge in [0.1, 0.15) is 6.61 Å². The second-order valence-corrected chi connectivity index (χ2v) is 16.0. The minimum absolute atomic E-state index is 0.0507. The fourth-order valence-electron chi connectivity index (χ4n) is 5.99. The molecule has 2 atom stereocenters. The number of allylic oxidation sites excluding steroid dienone is 6. The van der Waals surface area contributed by atoms with Gasteiger partial charge in [0.15, 0.2) is 6.10 Å². The number of hydrogen-bond acceptors (Lipinski definition) is 8. The molecule has 0 aromatic heterocycles. The van der Waals surface area contributed by atoms with Crippen molar-refractivity contribution in [2.75, 3.05) is 26.4 Å². The lowest BCUT2D eigenvalue weighted by molar-refractivity contribution is -0.161.